The standard InChI is InChI=1S/C24H28N4O3S/c1-14-11-12-19(15(2)13-14)28-21(30)17-9-7-8-10-18(17)25-23(28)32-16(3)20(29)26-22(31)27-24(4,5)6/h7-13,16H,1-6H3,(H2,26,27,29,31). The van der Waals surface area contributed by atoms with Crippen molar-refractivity contribution in [2.75, 3.05) is 0 Å². The second-order valence-corrected chi connectivity index (χ2v) is 10.1. The highest BCUT2D eigenvalue weighted by Gasteiger charge is 2.23. The molecule has 0 bridgehead atoms. The van der Waals surface area contributed by atoms with E-state index in [-0.39, 0.29) is 5.56 Å². The first-order valence-corrected chi connectivity index (χ1v) is 11.2. The van der Waals surface area contributed by atoms with Crippen molar-refractivity contribution in [2.24, 2.45) is 0 Å². The van der Waals surface area contributed by atoms with Crippen molar-refractivity contribution in [1.82, 2.24) is 20.2 Å². The fraction of sp³-hybridized carbons (Fsp3) is 0.333. The third-order valence-corrected chi connectivity index (χ3v) is 5.77. The minimum absolute atomic E-state index is 0.205. The average molecular weight is 453 g/mol. The number of hydrogen-bond donors (Lipinski definition) is 2. The topological polar surface area (TPSA) is 93.1 Å². The smallest absolute Gasteiger partial charge is 0.321 e. The van der Waals surface area contributed by atoms with Gasteiger partial charge in [0.2, 0.25) is 5.91 Å². The van der Waals surface area contributed by atoms with Gasteiger partial charge in [-0.25, -0.2) is 9.78 Å². The molecule has 3 aromatic rings. The number of fused-ring (bicyclic) bond motifs is 1. The van der Waals surface area contributed by atoms with Crippen molar-refractivity contribution in [3.8, 4) is 5.69 Å². The van der Waals surface area contributed by atoms with E-state index in [9.17, 15) is 14.4 Å². The molecule has 0 aliphatic heterocycles. The number of benzene rings is 2. The van der Waals surface area contributed by atoms with Crippen LogP contribution in [0.4, 0.5) is 4.79 Å². The van der Waals surface area contributed by atoms with Gasteiger partial charge in [0, 0.05) is 5.54 Å². The number of carbonyl (C=O) groups is 2. The van der Waals surface area contributed by atoms with E-state index < -0.39 is 22.7 Å². The molecule has 2 N–H and O–H groups in total. The maximum Gasteiger partial charge on any atom is 0.321 e. The zero-order valence-corrected chi connectivity index (χ0v) is 20.0. The predicted molar refractivity (Wildman–Crippen MR) is 129 cm³/mol. The Morgan fingerprint density at radius 1 is 1.09 bits per heavy atom. The number of urea groups is 1. The lowest BCUT2D eigenvalue weighted by Gasteiger charge is -2.21. The van der Waals surface area contributed by atoms with E-state index in [2.05, 4.69) is 15.6 Å². The summed E-state index contributed by atoms with van der Waals surface area (Å²) in [6, 6.07) is 12.4. The zero-order chi connectivity index (χ0) is 23.6. The summed E-state index contributed by atoms with van der Waals surface area (Å²) in [7, 11) is 0. The number of nitrogens with one attached hydrogen (secondary N) is 2. The van der Waals surface area contributed by atoms with Crippen molar-refractivity contribution in [1.29, 1.82) is 0 Å². The summed E-state index contributed by atoms with van der Waals surface area (Å²) < 4.78 is 1.54. The van der Waals surface area contributed by atoms with Crippen LogP contribution in [0.5, 0.6) is 0 Å². The maximum atomic E-state index is 13.4. The Morgan fingerprint density at radius 2 is 1.78 bits per heavy atom. The number of imide groups is 1. The number of aryl methyl sites for hydroxylation is 2. The molecular weight excluding hydrogens is 424 g/mol. The SMILES string of the molecule is Cc1ccc(-n2c(SC(C)C(=O)NC(=O)NC(C)(C)C)nc3ccccc3c2=O)c(C)c1. The van der Waals surface area contributed by atoms with E-state index in [1.165, 1.54) is 0 Å². The minimum Gasteiger partial charge on any atom is -0.333 e. The fourth-order valence-electron chi connectivity index (χ4n) is 3.26. The summed E-state index contributed by atoms with van der Waals surface area (Å²) in [6.07, 6.45) is 0. The molecule has 2 aromatic carbocycles. The molecule has 0 saturated heterocycles. The number of para-hydroxylation sites is 1. The van der Waals surface area contributed by atoms with E-state index in [1.807, 2.05) is 58.9 Å². The largest absolute Gasteiger partial charge is 0.333 e. The van der Waals surface area contributed by atoms with Crippen LogP contribution in [0.15, 0.2) is 52.4 Å². The molecule has 1 heterocycles. The summed E-state index contributed by atoms with van der Waals surface area (Å²) in [4.78, 5) is 42.8. The highest BCUT2D eigenvalue weighted by Crippen LogP contribution is 2.26. The Labute approximate surface area is 191 Å². The summed E-state index contributed by atoms with van der Waals surface area (Å²) in [6.45, 7) is 11.1. The molecule has 3 rings (SSSR count). The molecule has 32 heavy (non-hydrogen) atoms. The summed E-state index contributed by atoms with van der Waals surface area (Å²) in [5.41, 5.74) is 2.60. The Balaban J connectivity index is 2.01. The Hall–Kier alpha value is -3.13. The number of nitrogens with zero attached hydrogens (tertiary/aromatic N) is 2. The van der Waals surface area contributed by atoms with Gasteiger partial charge in [-0.1, -0.05) is 41.6 Å². The van der Waals surface area contributed by atoms with Crippen molar-refractivity contribution in [3.63, 3.8) is 0 Å². The van der Waals surface area contributed by atoms with Gasteiger partial charge in [0.05, 0.1) is 21.8 Å². The zero-order valence-electron chi connectivity index (χ0n) is 19.1. The number of carbonyl (C=O) groups excluding carboxylic acids is 2. The van der Waals surface area contributed by atoms with Gasteiger partial charge in [-0.05, 0) is 65.3 Å². The van der Waals surface area contributed by atoms with Crippen LogP contribution < -0.4 is 16.2 Å². The van der Waals surface area contributed by atoms with Crippen LogP contribution in [0.25, 0.3) is 16.6 Å². The van der Waals surface area contributed by atoms with Crippen LogP contribution >= 0.6 is 11.8 Å². The Morgan fingerprint density at radius 3 is 2.44 bits per heavy atom. The molecule has 0 radical (unpaired) electrons. The van der Waals surface area contributed by atoms with E-state index in [1.54, 1.807) is 29.7 Å². The molecule has 0 spiro atoms. The third kappa shape index (κ3) is 5.37. The van der Waals surface area contributed by atoms with Crippen LogP contribution in [0, 0.1) is 13.8 Å². The van der Waals surface area contributed by atoms with Gasteiger partial charge in [-0.3, -0.25) is 19.5 Å². The molecule has 0 saturated carbocycles. The molecule has 3 amide bonds. The first-order chi connectivity index (χ1) is 15.0. The second kappa shape index (κ2) is 9.16. The van der Waals surface area contributed by atoms with Crippen LogP contribution in [0.1, 0.15) is 38.8 Å². The van der Waals surface area contributed by atoms with Crippen LogP contribution in [-0.4, -0.2) is 32.3 Å². The van der Waals surface area contributed by atoms with Crippen molar-refractivity contribution < 1.29 is 9.59 Å². The maximum absolute atomic E-state index is 13.4. The monoisotopic (exact) mass is 452 g/mol. The summed E-state index contributed by atoms with van der Waals surface area (Å²) >= 11 is 1.13. The predicted octanol–water partition coefficient (Wildman–Crippen LogP) is 4.11. The Kier molecular flexibility index (Phi) is 6.74. The highest BCUT2D eigenvalue weighted by atomic mass is 32.2. The van der Waals surface area contributed by atoms with Gasteiger partial charge in [0.25, 0.3) is 5.56 Å². The highest BCUT2D eigenvalue weighted by molar-refractivity contribution is 8.00. The quantitative estimate of drug-likeness (QED) is 0.459. The number of amides is 3. The molecule has 8 heteroatoms. The third-order valence-electron chi connectivity index (χ3n) is 4.71. The lowest BCUT2D eigenvalue weighted by Crippen LogP contribution is -2.49. The lowest BCUT2D eigenvalue weighted by molar-refractivity contribution is -0.119. The lowest BCUT2D eigenvalue weighted by atomic mass is 10.1. The normalized spacial score (nSPS) is 12.4. The number of thioether (sulfide) groups is 1. The van der Waals surface area contributed by atoms with Crippen LogP contribution in [0.2, 0.25) is 0 Å². The van der Waals surface area contributed by atoms with E-state index in [0.717, 1.165) is 22.9 Å². The van der Waals surface area contributed by atoms with Crippen molar-refractivity contribution in [2.45, 2.75) is 57.5 Å². The molecule has 0 fully saturated rings. The minimum atomic E-state index is -0.661. The van der Waals surface area contributed by atoms with E-state index >= 15 is 0 Å². The summed E-state index contributed by atoms with van der Waals surface area (Å²) in [5.74, 6) is -0.466. The number of hydrogen-bond acceptors (Lipinski definition) is 5. The average Bonchev–Trinajstić information content (AvgIpc) is 2.67. The molecular formula is C24H28N4O3S. The molecule has 7 nitrogen and oxygen atoms in total. The van der Waals surface area contributed by atoms with Gasteiger partial charge in [-0.15, -0.1) is 0 Å². The molecule has 168 valence electrons. The molecule has 0 aliphatic carbocycles. The van der Waals surface area contributed by atoms with Gasteiger partial charge in [0.1, 0.15) is 0 Å². The molecule has 1 aromatic heterocycles. The van der Waals surface area contributed by atoms with Crippen LogP contribution in [0.3, 0.4) is 0 Å². The first-order valence-electron chi connectivity index (χ1n) is 10.4. The number of rotatable bonds is 4. The molecule has 0 aliphatic rings. The summed E-state index contributed by atoms with van der Waals surface area (Å²) in [5, 5.41) is 5.29. The molecule has 1 unspecified atom stereocenters. The van der Waals surface area contributed by atoms with Gasteiger partial charge < -0.3 is 5.32 Å². The fourth-order valence-corrected chi connectivity index (χ4v) is 4.18. The van der Waals surface area contributed by atoms with E-state index in [0.29, 0.717) is 21.7 Å². The second-order valence-electron chi connectivity index (χ2n) is 8.80. The molecule has 1 atom stereocenters. The van der Waals surface area contributed by atoms with Crippen molar-refractivity contribution >= 4 is 34.6 Å². The van der Waals surface area contributed by atoms with E-state index in [4.69, 9.17) is 0 Å². The van der Waals surface area contributed by atoms with Gasteiger partial charge in [-0.2, -0.15) is 0 Å². The van der Waals surface area contributed by atoms with Crippen molar-refractivity contribution in [3.05, 3.63) is 63.9 Å². The van der Waals surface area contributed by atoms with Gasteiger partial charge in [0.15, 0.2) is 5.16 Å². The number of aromatic nitrogens is 2. The Bertz CT molecular complexity index is 1240. The van der Waals surface area contributed by atoms with Gasteiger partial charge >= 0.3 is 6.03 Å². The first kappa shape index (κ1) is 23.5. The van der Waals surface area contributed by atoms with Crippen LogP contribution in [-0.2, 0) is 4.79 Å².